The molecule has 172 valence electrons. The molecular weight excluding hydrogens is 437 g/mol. The number of benzene rings is 1. The number of hydrogen-bond donors (Lipinski definition) is 2. The Morgan fingerprint density at radius 2 is 2.06 bits per heavy atom. The molecule has 10 heteroatoms. The molecule has 1 unspecified atom stereocenters. The topological polar surface area (TPSA) is 120 Å². The number of carbonyl (C=O) groups is 1. The fourth-order valence-corrected chi connectivity index (χ4v) is 4.47. The summed E-state index contributed by atoms with van der Waals surface area (Å²) in [6, 6.07) is 5.79. The van der Waals surface area contributed by atoms with Crippen LogP contribution < -0.4 is 15.8 Å². The molecule has 4 heterocycles. The van der Waals surface area contributed by atoms with Gasteiger partial charge in [0.1, 0.15) is 34.8 Å². The van der Waals surface area contributed by atoms with Crippen molar-refractivity contribution in [3.8, 4) is 17.4 Å². The average molecular weight is 459 g/mol. The lowest BCUT2D eigenvalue weighted by Crippen LogP contribution is -2.32. The normalized spacial score (nSPS) is 19.1. The van der Waals surface area contributed by atoms with Crippen molar-refractivity contribution >= 4 is 23.6 Å². The van der Waals surface area contributed by atoms with Crippen LogP contribution in [0.3, 0.4) is 0 Å². The Hall–Kier alpha value is -4.08. The van der Waals surface area contributed by atoms with Gasteiger partial charge >= 0.3 is 0 Å². The zero-order valence-electron chi connectivity index (χ0n) is 18.2. The van der Waals surface area contributed by atoms with Gasteiger partial charge in [0.15, 0.2) is 5.82 Å². The highest BCUT2D eigenvalue weighted by atomic mass is 19.1. The van der Waals surface area contributed by atoms with Gasteiger partial charge in [-0.15, -0.1) is 0 Å². The molecular formula is C24H22FN7O2. The molecule has 3 N–H and O–H groups in total. The molecule has 4 aromatic rings. The van der Waals surface area contributed by atoms with Crippen LogP contribution in [0.25, 0.3) is 17.2 Å². The predicted octanol–water partition coefficient (Wildman–Crippen LogP) is 3.00. The monoisotopic (exact) mass is 459 g/mol. The molecule has 1 aromatic carbocycles. The van der Waals surface area contributed by atoms with Crippen molar-refractivity contribution in [3.63, 3.8) is 0 Å². The van der Waals surface area contributed by atoms with Crippen LogP contribution in [-0.4, -0.2) is 43.8 Å². The van der Waals surface area contributed by atoms with Gasteiger partial charge in [0.2, 0.25) is 5.65 Å². The number of hydrogen-bond acceptors (Lipinski definition) is 8. The third-order valence-electron chi connectivity index (χ3n) is 6.51. The second-order valence-corrected chi connectivity index (χ2v) is 8.78. The largest absolute Gasteiger partial charge is 0.475 e. The smallest absolute Gasteiger partial charge is 0.259 e. The van der Waals surface area contributed by atoms with E-state index in [1.807, 2.05) is 4.40 Å². The molecule has 1 atom stereocenters. The molecule has 2 aliphatic rings. The van der Waals surface area contributed by atoms with Crippen molar-refractivity contribution in [2.45, 2.75) is 24.7 Å². The number of aromatic nitrogens is 5. The van der Waals surface area contributed by atoms with Crippen molar-refractivity contribution in [2.75, 3.05) is 24.2 Å². The van der Waals surface area contributed by atoms with Crippen LogP contribution in [0.2, 0.25) is 0 Å². The molecule has 0 bridgehead atoms. The minimum absolute atomic E-state index is 0.158. The maximum absolute atomic E-state index is 13.5. The van der Waals surface area contributed by atoms with E-state index < -0.39 is 5.41 Å². The van der Waals surface area contributed by atoms with Crippen molar-refractivity contribution in [1.29, 1.82) is 0 Å². The lowest BCUT2D eigenvalue weighted by Gasteiger charge is -2.23. The van der Waals surface area contributed by atoms with Crippen LogP contribution in [0.1, 0.15) is 30.4 Å². The van der Waals surface area contributed by atoms with E-state index in [1.54, 1.807) is 30.7 Å². The van der Waals surface area contributed by atoms with E-state index in [2.05, 4.69) is 25.3 Å². The van der Waals surface area contributed by atoms with Gasteiger partial charge < -0.3 is 25.0 Å². The Kier molecular flexibility index (Phi) is 4.68. The highest BCUT2D eigenvalue weighted by Gasteiger charge is 2.44. The second-order valence-electron chi connectivity index (χ2n) is 8.78. The Balaban J connectivity index is 1.40. The number of ether oxygens (including phenoxy) is 1. The quantitative estimate of drug-likeness (QED) is 0.405. The Morgan fingerprint density at radius 1 is 1.24 bits per heavy atom. The summed E-state index contributed by atoms with van der Waals surface area (Å²) in [5, 5.41) is 3.17. The minimum atomic E-state index is -1.11. The lowest BCUT2D eigenvalue weighted by molar-refractivity contribution is -0.110. The molecule has 0 spiro atoms. The van der Waals surface area contributed by atoms with E-state index in [-0.39, 0.29) is 18.2 Å². The number of anilines is 2. The third kappa shape index (κ3) is 3.33. The molecule has 6 rings (SSSR count). The molecule has 0 saturated heterocycles. The van der Waals surface area contributed by atoms with Gasteiger partial charge in [0.25, 0.3) is 5.88 Å². The van der Waals surface area contributed by atoms with Crippen LogP contribution in [0.4, 0.5) is 16.0 Å². The van der Waals surface area contributed by atoms with Crippen molar-refractivity contribution in [2.24, 2.45) is 5.92 Å². The van der Waals surface area contributed by atoms with Gasteiger partial charge in [-0.25, -0.2) is 24.3 Å². The van der Waals surface area contributed by atoms with Gasteiger partial charge in [-0.1, -0.05) is 25.0 Å². The van der Waals surface area contributed by atoms with Gasteiger partial charge in [-0.2, -0.15) is 0 Å². The van der Waals surface area contributed by atoms with E-state index >= 15 is 0 Å². The van der Waals surface area contributed by atoms with Gasteiger partial charge in [0, 0.05) is 25.1 Å². The Labute approximate surface area is 194 Å². The van der Waals surface area contributed by atoms with Crippen molar-refractivity contribution < 1.29 is 13.9 Å². The third-order valence-corrected chi connectivity index (χ3v) is 6.51. The summed E-state index contributed by atoms with van der Waals surface area (Å²) in [6.07, 6.45) is 9.54. The van der Waals surface area contributed by atoms with E-state index in [9.17, 15) is 9.18 Å². The van der Waals surface area contributed by atoms with Crippen molar-refractivity contribution in [1.82, 2.24) is 24.3 Å². The molecule has 1 fully saturated rings. The van der Waals surface area contributed by atoms with Crippen LogP contribution in [-0.2, 0) is 10.2 Å². The number of halogens is 1. The maximum atomic E-state index is 13.5. The number of nitrogens with two attached hydrogens (primary N) is 1. The summed E-state index contributed by atoms with van der Waals surface area (Å²) >= 11 is 0. The molecule has 3 aromatic heterocycles. The highest BCUT2D eigenvalue weighted by Crippen LogP contribution is 2.43. The fraction of sp³-hybridized carbons (Fsp3) is 0.292. The first-order chi connectivity index (χ1) is 16.6. The highest BCUT2D eigenvalue weighted by molar-refractivity contribution is 5.86. The number of imidazole rings is 1. The summed E-state index contributed by atoms with van der Waals surface area (Å²) < 4.78 is 21.2. The first kappa shape index (κ1) is 20.5. The van der Waals surface area contributed by atoms with Crippen LogP contribution in [0, 0.1) is 11.7 Å². The molecule has 0 radical (unpaired) electrons. The van der Waals surface area contributed by atoms with Gasteiger partial charge in [-0.05, 0) is 30.0 Å². The summed E-state index contributed by atoms with van der Waals surface area (Å²) in [5.41, 5.74) is 7.44. The van der Waals surface area contributed by atoms with E-state index in [1.165, 1.54) is 25.0 Å². The average Bonchev–Trinajstić information content (AvgIpc) is 3.39. The Morgan fingerprint density at radius 3 is 2.82 bits per heavy atom. The molecule has 9 nitrogen and oxygen atoms in total. The number of nitrogens with one attached hydrogen (secondary N) is 1. The molecule has 1 aliphatic heterocycles. The van der Waals surface area contributed by atoms with Gasteiger partial charge in [-0.3, -0.25) is 0 Å². The summed E-state index contributed by atoms with van der Waals surface area (Å²) in [5.74, 6) is 1.67. The van der Waals surface area contributed by atoms with Crippen molar-refractivity contribution in [3.05, 3.63) is 59.8 Å². The summed E-state index contributed by atoms with van der Waals surface area (Å²) in [6.45, 7) is 0.807. The SMILES string of the molecule is Nc1nc(-c2cn3ccnc3c(OCCC3CC3)n2)nc2c1C(C=O)(c1ccc(F)cc1)CN2. The van der Waals surface area contributed by atoms with E-state index in [0.29, 0.717) is 46.6 Å². The molecule has 0 amide bonds. The minimum Gasteiger partial charge on any atom is -0.475 e. The van der Waals surface area contributed by atoms with Crippen LogP contribution >= 0.6 is 0 Å². The lowest BCUT2D eigenvalue weighted by atomic mass is 9.78. The van der Waals surface area contributed by atoms with Crippen LogP contribution in [0.15, 0.2) is 42.9 Å². The number of nitrogens with zero attached hydrogens (tertiary/aromatic N) is 5. The predicted molar refractivity (Wildman–Crippen MR) is 123 cm³/mol. The summed E-state index contributed by atoms with van der Waals surface area (Å²) in [4.78, 5) is 30.4. The first-order valence-electron chi connectivity index (χ1n) is 11.2. The standard InChI is InChI=1S/C24H22FN7O2/c25-16-5-3-15(4-6-16)24(13-33)12-28-21-18(24)19(26)30-20(31-21)17-11-32-9-8-27-22(32)23(29-17)34-10-7-14-1-2-14/h3-6,8-9,11,13-14H,1-2,7,10,12H2,(H3,26,28,30,31). The number of aldehydes is 1. The summed E-state index contributed by atoms with van der Waals surface area (Å²) in [7, 11) is 0. The number of fused-ring (bicyclic) bond motifs is 2. The fourth-order valence-electron chi connectivity index (χ4n) is 4.47. The molecule has 34 heavy (non-hydrogen) atoms. The molecule has 1 aliphatic carbocycles. The Bertz CT molecular complexity index is 1400. The zero-order valence-corrected chi connectivity index (χ0v) is 18.2. The number of nitrogen functional groups attached to an aromatic ring is 1. The zero-order chi connectivity index (χ0) is 23.3. The van der Waals surface area contributed by atoms with Crippen LogP contribution in [0.5, 0.6) is 5.88 Å². The first-order valence-corrected chi connectivity index (χ1v) is 11.2. The molecule has 1 saturated carbocycles. The van der Waals surface area contributed by atoms with E-state index in [4.69, 9.17) is 10.5 Å². The second kappa shape index (κ2) is 7.75. The number of rotatable bonds is 7. The van der Waals surface area contributed by atoms with E-state index in [0.717, 1.165) is 18.6 Å². The number of carbonyl (C=O) groups excluding carboxylic acids is 1. The maximum Gasteiger partial charge on any atom is 0.259 e. The van der Waals surface area contributed by atoms with Gasteiger partial charge in [0.05, 0.1) is 12.2 Å².